The van der Waals surface area contributed by atoms with Crippen molar-refractivity contribution in [1.29, 1.82) is 0 Å². The lowest BCUT2D eigenvalue weighted by atomic mass is 10.1. The fourth-order valence-electron chi connectivity index (χ4n) is 2.22. The van der Waals surface area contributed by atoms with E-state index in [4.69, 9.17) is 9.47 Å². The van der Waals surface area contributed by atoms with Crippen molar-refractivity contribution in [2.24, 2.45) is 0 Å². The van der Waals surface area contributed by atoms with Gasteiger partial charge in [-0.1, -0.05) is 0 Å². The number of anilines is 1. The van der Waals surface area contributed by atoms with Crippen molar-refractivity contribution in [2.45, 2.75) is 25.4 Å². The van der Waals surface area contributed by atoms with Gasteiger partial charge in [0.1, 0.15) is 11.6 Å². The van der Waals surface area contributed by atoms with Crippen molar-refractivity contribution in [1.82, 2.24) is 5.32 Å². The molecule has 1 saturated heterocycles. The Morgan fingerprint density at radius 1 is 1.43 bits per heavy atom. The maximum Gasteiger partial charge on any atom is 0.226 e. The molecule has 1 amide bonds. The topological polar surface area (TPSA) is 59.6 Å². The fourth-order valence-corrected chi connectivity index (χ4v) is 2.22. The second kappa shape index (κ2) is 7.95. The minimum atomic E-state index is -0.483. The Kier molecular flexibility index (Phi) is 5.95. The summed E-state index contributed by atoms with van der Waals surface area (Å²) in [5, 5.41) is 5.79. The lowest BCUT2D eigenvalue weighted by Crippen LogP contribution is -2.33. The molecular formula is C15H21FN2O3. The number of amides is 1. The van der Waals surface area contributed by atoms with E-state index in [1.165, 1.54) is 25.3 Å². The highest BCUT2D eigenvalue weighted by molar-refractivity contribution is 5.91. The molecule has 0 aromatic heterocycles. The summed E-state index contributed by atoms with van der Waals surface area (Å²) in [7, 11) is 1.49. The van der Waals surface area contributed by atoms with E-state index < -0.39 is 5.82 Å². The summed E-state index contributed by atoms with van der Waals surface area (Å²) in [4.78, 5) is 11.8. The standard InChI is InChI=1S/C15H21FN2O3/c1-20-12-2-3-13(16)14(10-12)18-15(19)6-9-21-11-4-7-17-8-5-11/h2-3,10-11,17H,4-9H2,1H3,(H,18,19). The molecule has 0 unspecified atom stereocenters. The number of halogens is 1. The van der Waals surface area contributed by atoms with Crippen LogP contribution in [0.3, 0.4) is 0 Å². The van der Waals surface area contributed by atoms with Gasteiger partial charge in [0.05, 0.1) is 31.9 Å². The zero-order valence-electron chi connectivity index (χ0n) is 12.2. The molecule has 0 aliphatic carbocycles. The van der Waals surface area contributed by atoms with Crippen molar-refractivity contribution >= 4 is 11.6 Å². The van der Waals surface area contributed by atoms with Gasteiger partial charge in [0.25, 0.3) is 0 Å². The summed E-state index contributed by atoms with van der Waals surface area (Å²) in [6.07, 6.45) is 2.35. The summed E-state index contributed by atoms with van der Waals surface area (Å²) in [6.45, 7) is 2.25. The van der Waals surface area contributed by atoms with E-state index in [1.807, 2.05) is 0 Å². The summed E-state index contributed by atoms with van der Waals surface area (Å²) < 4.78 is 24.2. The van der Waals surface area contributed by atoms with Crippen molar-refractivity contribution in [2.75, 3.05) is 32.1 Å². The highest BCUT2D eigenvalue weighted by atomic mass is 19.1. The number of nitrogens with one attached hydrogen (secondary N) is 2. The van der Waals surface area contributed by atoms with Gasteiger partial charge in [-0.05, 0) is 38.1 Å². The van der Waals surface area contributed by atoms with Gasteiger partial charge in [-0.15, -0.1) is 0 Å². The van der Waals surface area contributed by atoms with Gasteiger partial charge in [-0.3, -0.25) is 4.79 Å². The number of carbonyl (C=O) groups excluding carboxylic acids is 1. The maximum atomic E-state index is 13.6. The summed E-state index contributed by atoms with van der Waals surface area (Å²) >= 11 is 0. The summed E-state index contributed by atoms with van der Waals surface area (Å²) in [5.74, 6) is -0.253. The van der Waals surface area contributed by atoms with Crippen LogP contribution in [0.2, 0.25) is 0 Å². The average Bonchev–Trinajstić information content (AvgIpc) is 2.50. The molecule has 2 rings (SSSR count). The van der Waals surface area contributed by atoms with E-state index >= 15 is 0 Å². The molecule has 1 aromatic carbocycles. The number of methoxy groups -OCH3 is 1. The minimum absolute atomic E-state index is 0.126. The largest absolute Gasteiger partial charge is 0.497 e. The molecule has 6 heteroatoms. The number of ether oxygens (including phenoxy) is 2. The van der Waals surface area contributed by atoms with Crippen LogP contribution in [-0.2, 0) is 9.53 Å². The molecule has 1 aliphatic heterocycles. The third kappa shape index (κ3) is 4.99. The number of piperidine rings is 1. The van der Waals surface area contributed by atoms with E-state index in [1.54, 1.807) is 0 Å². The van der Waals surface area contributed by atoms with E-state index in [9.17, 15) is 9.18 Å². The molecule has 2 N–H and O–H groups in total. The van der Waals surface area contributed by atoms with E-state index in [2.05, 4.69) is 10.6 Å². The lowest BCUT2D eigenvalue weighted by Gasteiger charge is -2.22. The van der Waals surface area contributed by atoms with Gasteiger partial charge in [0, 0.05) is 6.07 Å². The Morgan fingerprint density at radius 3 is 2.90 bits per heavy atom. The molecular weight excluding hydrogens is 275 g/mol. The Labute approximate surface area is 123 Å². The van der Waals surface area contributed by atoms with Gasteiger partial charge >= 0.3 is 0 Å². The zero-order chi connectivity index (χ0) is 15.1. The molecule has 0 bridgehead atoms. The molecule has 0 radical (unpaired) electrons. The fraction of sp³-hybridized carbons (Fsp3) is 0.533. The van der Waals surface area contributed by atoms with E-state index in [-0.39, 0.29) is 24.1 Å². The highest BCUT2D eigenvalue weighted by Gasteiger charge is 2.14. The van der Waals surface area contributed by atoms with Crippen LogP contribution in [0.25, 0.3) is 0 Å². The predicted octanol–water partition coefficient (Wildman–Crippen LogP) is 1.93. The first-order chi connectivity index (χ1) is 10.2. The normalized spacial score (nSPS) is 15.7. The second-order valence-corrected chi connectivity index (χ2v) is 4.96. The Morgan fingerprint density at radius 2 is 2.19 bits per heavy atom. The number of carbonyl (C=O) groups is 1. The van der Waals surface area contributed by atoms with Crippen molar-refractivity contribution < 1.29 is 18.7 Å². The van der Waals surface area contributed by atoms with Gasteiger partial charge in [-0.2, -0.15) is 0 Å². The smallest absolute Gasteiger partial charge is 0.226 e. The molecule has 1 fully saturated rings. The molecule has 1 aromatic rings. The zero-order valence-corrected chi connectivity index (χ0v) is 12.2. The highest BCUT2D eigenvalue weighted by Crippen LogP contribution is 2.21. The van der Waals surface area contributed by atoms with Crippen LogP contribution in [0.15, 0.2) is 18.2 Å². The van der Waals surface area contributed by atoms with E-state index in [0.29, 0.717) is 12.4 Å². The number of hydrogen-bond donors (Lipinski definition) is 2. The first-order valence-electron chi connectivity index (χ1n) is 7.15. The van der Waals surface area contributed by atoms with Crippen molar-refractivity contribution in [3.63, 3.8) is 0 Å². The lowest BCUT2D eigenvalue weighted by molar-refractivity contribution is -0.117. The molecule has 0 saturated carbocycles. The second-order valence-electron chi connectivity index (χ2n) is 4.96. The van der Waals surface area contributed by atoms with E-state index in [0.717, 1.165) is 25.9 Å². The molecule has 21 heavy (non-hydrogen) atoms. The van der Waals surface area contributed by atoms with Crippen LogP contribution in [-0.4, -0.2) is 38.8 Å². The Bertz CT molecular complexity index is 476. The maximum absolute atomic E-state index is 13.6. The minimum Gasteiger partial charge on any atom is -0.497 e. The van der Waals surface area contributed by atoms with Crippen LogP contribution in [0, 0.1) is 5.82 Å². The molecule has 116 valence electrons. The molecule has 0 spiro atoms. The third-order valence-electron chi connectivity index (χ3n) is 3.42. The molecule has 1 heterocycles. The van der Waals surface area contributed by atoms with Gasteiger partial charge in [0.2, 0.25) is 5.91 Å². The number of hydrogen-bond acceptors (Lipinski definition) is 4. The van der Waals surface area contributed by atoms with Crippen LogP contribution < -0.4 is 15.4 Å². The van der Waals surface area contributed by atoms with Crippen molar-refractivity contribution in [3.8, 4) is 5.75 Å². The predicted molar refractivity (Wildman–Crippen MR) is 78.0 cm³/mol. The number of benzene rings is 1. The van der Waals surface area contributed by atoms with Crippen molar-refractivity contribution in [3.05, 3.63) is 24.0 Å². The first-order valence-corrected chi connectivity index (χ1v) is 7.15. The number of rotatable bonds is 6. The van der Waals surface area contributed by atoms with Crippen LogP contribution in [0.1, 0.15) is 19.3 Å². The third-order valence-corrected chi connectivity index (χ3v) is 3.42. The van der Waals surface area contributed by atoms with Crippen LogP contribution in [0.4, 0.5) is 10.1 Å². The first kappa shape index (κ1) is 15.7. The quantitative estimate of drug-likeness (QED) is 0.842. The SMILES string of the molecule is COc1ccc(F)c(NC(=O)CCOC2CCNCC2)c1. The monoisotopic (exact) mass is 296 g/mol. The van der Waals surface area contributed by atoms with Gasteiger partial charge in [-0.25, -0.2) is 4.39 Å². The van der Waals surface area contributed by atoms with Crippen LogP contribution in [0.5, 0.6) is 5.75 Å². The molecule has 0 atom stereocenters. The van der Waals surface area contributed by atoms with Gasteiger partial charge in [0.15, 0.2) is 0 Å². The molecule has 5 nitrogen and oxygen atoms in total. The Hall–Kier alpha value is -1.66. The summed E-state index contributed by atoms with van der Waals surface area (Å²) in [6, 6.07) is 4.23. The molecule has 1 aliphatic rings. The van der Waals surface area contributed by atoms with Gasteiger partial charge < -0.3 is 20.1 Å². The Balaban J connectivity index is 1.76. The average molecular weight is 296 g/mol. The van der Waals surface area contributed by atoms with Crippen LogP contribution >= 0.6 is 0 Å². The summed E-state index contributed by atoms with van der Waals surface area (Å²) in [5.41, 5.74) is 0.126.